The van der Waals surface area contributed by atoms with E-state index >= 15 is 0 Å². The Morgan fingerprint density at radius 3 is 2.63 bits per heavy atom. The van der Waals surface area contributed by atoms with Crippen molar-refractivity contribution in [3.8, 4) is 5.69 Å². The number of nitrogens with two attached hydrogens (primary N) is 1. The van der Waals surface area contributed by atoms with E-state index in [0.717, 1.165) is 24.1 Å². The highest BCUT2D eigenvalue weighted by Crippen LogP contribution is 2.41. The van der Waals surface area contributed by atoms with Gasteiger partial charge in [0, 0.05) is 36.6 Å². The second-order valence-corrected chi connectivity index (χ2v) is 7.55. The van der Waals surface area contributed by atoms with E-state index in [2.05, 4.69) is 16.4 Å². The topological polar surface area (TPSA) is 72.9 Å². The fraction of sp³-hybridized carbons (Fsp3) is 0.500. The third-order valence-electron chi connectivity index (χ3n) is 5.96. The summed E-state index contributed by atoms with van der Waals surface area (Å²) in [7, 11) is 0. The summed E-state index contributed by atoms with van der Waals surface area (Å²) >= 11 is 0. The second kappa shape index (κ2) is 9.58. The lowest BCUT2D eigenvalue weighted by atomic mass is 9.65. The van der Waals surface area contributed by atoms with Crippen molar-refractivity contribution in [2.24, 2.45) is 23.5 Å². The van der Waals surface area contributed by atoms with E-state index in [9.17, 15) is 4.79 Å². The van der Waals surface area contributed by atoms with Crippen LogP contribution < -0.4 is 11.1 Å². The highest BCUT2D eigenvalue weighted by Gasteiger charge is 2.40. The molecule has 0 saturated heterocycles. The number of hydrogen-bond donors (Lipinski definition) is 2. The van der Waals surface area contributed by atoms with Crippen molar-refractivity contribution < 1.29 is 4.79 Å². The molecule has 2 fully saturated rings. The average molecular weight is 411 g/mol. The quantitative estimate of drug-likeness (QED) is 0.809. The van der Waals surface area contributed by atoms with Gasteiger partial charge in [-0.05, 0) is 55.2 Å². The van der Waals surface area contributed by atoms with Crippen molar-refractivity contribution in [3.05, 3.63) is 48.5 Å². The fourth-order valence-electron chi connectivity index (χ4n) is 4.58. The second-order valence-electron chi connectivity index (χ2n) is 7.55. The van der Waals surface area contributed by atoms with Crippen molar-refractivity contribution >= 4 is 30.7 Å². The Labute approximate surface area is 172 Å². The number of aromatic nitrogens is 2. The Bertz CT molecular complexity index is 723. The molecule has 0 spiro atoms. The van der Waals surface area contributed by atoms with Gasteiger partial charge in [0.25, 0.3) is 0 Å². The lowest BCUT2D eigenvalue weighted by Crippen LogP contribution is -2.49. The first-order chi connectivity index (χ1) is 12.2. The Morgan fingerprint density at radius 1 is 1.22 bits per heavy atom. The van der Waals surface area contributed by atoms with Crippen LogP contribution in [-0.2, 0) is 11.3 Å². The van der Waals surface area contributed by atoms with Gasteiger partial charge in [0.05, 0.1) is 6.33 Å². The first-order valence-corrected chi connectivity index (χ1v) is 9.31. The van der Waals surface area contributed by atoms with Crippen LogP contribution in [0.25, 0.3) is 5.69 Å². The molecule has 148 valence electrons. The summed E-state index contributed by atoms with van der Waals surface area (Å²) in [6.07, 6.45) is 11.0. The van der Waals surface area contributed by atoms with Crippen LogP contribution in [0.3, 0.4) is 0 Å². The summed E-state index contributed by atoms with van der Waals surface area (Å²) in [5.41, 5.74) is 8.50. The fourth-order valence-corrected chi connectivity index (χ4v) is 4.58. The van der Waals surface area contributed by atoms with Gasteiger partial charge >= 0.3 is 0 Å². The number of rotatable bonds is 4. The molecule has 4 rings (SSSR count). The molecular weight excluding hydrogens is 383 g/mol. The molecule has 2 saturated carbocycles. The maximum absolute atomic E-state index is 12.7. The Kier molecular flexibility index (Phi) is 7.71. The van der Waals surface area contributed by atoms with Crippen LogP contribution in [0.4, 0.5) is 0 Å². The summed E-state index contributed by atoms with van der Waals surface area (Å²) in [5.74, 6) is 1.39. The standard InChI is InChI=1S/C20H26N4O.2ClH/c21-19-15-4-2-5-16(19)11-17(10-15)20(25)23-12-14-3-1-6-18(9-14)24-8-7-22-13-24;;/h1,3,6-9,13,15-17,19H,2,4-5,10-12,21H2,(H,23,25);2*1H. The lowest BCUT2D eigenvalue weighted by molar-refractivity contribution is -0.128. The lowest BCUT2D eigenvalue weighted by Gasteiger charge is -2.43. The van der Waals surface area contributed by atoms with Gasteiger partial charge in [-0.3, -0.25) is 4.79 Å². The van der Waals surface area contributed by atoms with E-state index in [1.54, 1.807) is 12.5 Å². The van der Waals surface area contributed by atoms with Crippen molar-refractivity contribution in [3.63, 3.8) is 0 Å². The normalized spacial score (nSPS) is 26.4. The largest absolute Gasteiger partial charge is 0.352 e. The molecule has 1 heterocycles. The molecule has 2 unspecified atom stereocenters. The number of imidazole rings is 1. The molecule has 2 aliphatic rings. The zero-order chi connectivity index (χ0) is 17.2. The Balaban J connectivity index is 0.00000131. The molecular formula is C20H28Cl2N4O. The number of nitrogens with one attached hydrogen (secondary N) is 1. The van der Waals surface area contributed by atoms with E-state index in [1.807, 2.05) is 29.0 Å². The van der Waals surface area contributed by atoms with Crippen LogP contribution in [0.5, 0.6) is 0 Å². The highest BCUT2D eigenvalue weighted by atomic mass is 35.5. The van der Waals surface area contributed by atoms with Crippen molar-refractivity contribution in [1.82, 2.24) is 14.9 Å². The molecule has 0 radical (unpaired) electrons. The molecule has 3 N–H and O–H groups in total. The first-order valence-electron chi connectivity index (χ1n) is 9.31. The van der Waals surface area contributed by atoms with E-state index < -0.39 is 0 Å². The van der Waals surface area contributed by atoms with Crippen LogP contribution >= 0.6 is 24.8 Å². The molecule has 2 aromatic rings. The van der Waals surface area contributed by atoms with Gasteiger partial charge in [0.2, 0.25) is 5.91 Å². The molecule has 27 heavy (non-hydrogen) atoms. The van der Waals surface area contributed by atoms with E-state index in [4.69, 9.17) is 5.73 Å². The minimum absolute atomic E-state index is 0. The molecule has 2 atom stereocenters. The zero-order valence-electron chi connectivity index (χ0n) is 15.3. The predicted octanol–water partition coefficient (Wildman–Crippen LogP) is 3.49. The van der Waals surface area contributed by atoms with Crippen LogP contribution in [0, 0.1) is 17.8 Å². The van der Waals surface area contributed by atoms with Gasteiger partial charge in [-0.2, -0.15) is 0 Å². The third kappa shape index (κ3) is 4.84. The number of carbonyl (C=O) groups is 1. The monoisotopic (exact) mass is 410 g/mol. The van der Waals surface area contributed by atoms with Crippen LogP contribution in [-0.4, -0.2) is 21.5 Å². The van der Waals surface area contributed by atoms with Gasteiger partial charge in [-0.1, -0.05) is 18.6 Å². The number of fused-ring (bicyclic) bond motifs is 2. The molecule has 0 aliphatic heterocycles. The summed E-state index contributed by atoms with van der Waals surface area (Å²) in [4.78, 5) is 16.7. The molecule has 2 bridgehead atoms. The predicted molar refractivity (Wildman–Crippen MR) is 111 cm³/mol. The summed E-state index contributed by atoms with van der Waals surface area (Å²) in [6, 6.07) is 8.50. The van der Waals surface area contributed by atoms with Gasteiger partial charge in [-0.15, -0.1) is 24.8 Å². The van der Waals surface area contributed by atoms with E-state index in [0.29, 0.717) is 24.4 Å². The number of halogens is 2. The Morgan fingerprint density at radius 2 is 1.96 bits per heavy atom. The molecule has 5 nitrogen and oxygen atoms in total. The zero-order valence-corrected chi connectivity index (χ0v) is 16.9. The third-order valence-corrected chi connectivity index (χ3v) is 5.96. The molecule has 7 heteroatoms. The Hall–Kier alpha value is -1.56. The number of nitrogens with zero attached hydrogens (tertiary/aromatic N) is 2. The maximum Gasteiger partial charge on any atom is 0.223 e. The van der Waals surface area contributed by atoms with Gasteiger partial charge in [-0.25, -0.2) is 4.98 Å². The van der Waals surface area contributed by atoms with Crippen molar-refractivity contribution in [2.75, 3.05) is 0 Å². The SMILES string of the molecule is Cl.Cl.NC1C2CCCC1CC(C(=O)NCc1cccc(-n3ccnc3)c1)C2. The molecule has 2 aliphatic carbocycles. The minimum Gasteiger partial charge on any atom is -0.352 e. The summed E-state index contributed by atoms with van der Waals surface area (Å²) < 4.78 is 1.97. The van der Waals surface area contributed by atoms with Gasteiger partial charge in [0.1, 0.15) is 0 Å². The van der Waals surface area contributed by atoms with Gasteiger partial charge < -0.3 is 15.6 Å². The van der Waals surface area contributed by atoms with Crippen molar-refractivity contribution in [1.29, 1.82) is 0 Å². The smallest absolute Gasteiger partial charge is 0.223 e. The number of amides is 1. The van der Waals surface area contributed by atoms with Gasteiger partial charge in [0.15, 0.2) is 0 Å². The number of carbonyl (C=O) groups excluding carboxylic acids is 1. The molecule has 1 amide bonds. The average Bonchev–Trinajstić information content (AvgIpc) is 3.14. The maximum atomic E-state index is 12.7. The summed E-state index contributed by atoms with van der Waals surface area (Å²) in [6.45, 7) is 0.569. The number of hydrogen-bond acceptors (Lipinski definition) is 3. The molecule has 1 aromatic carbocycles. The van der Waals surface area contributed by atoms with E-state index in [-0.39, 0.29) is 36.6 Å². The molecule has 1 aromatic heterocycles. The van der Waals surface area contributed by atoms with E-state index in [1.165, 1.54) is 19.3 Å². The first kappa shape index (κ1) is 21.7. The summed E-state index contributed by atoms with van der Waals surface area (Å²) in [5, 5.41) is 3.14. The minimum atomic E-state index is 0. The van der Waals surface area contributed by atoms with Crippen LogP contribution in [0.1, 0.15) is 37.7 Å². The van der Waals surface area contributed by atoms with Crippen LogP contribution in [0.2, 0.25) is 0 Å². The highest BCUT2D eigenvalue weighted by molar-refractivity contribution is 5.85. The van der Waals surface area contributed by atoms with Crippen molar-refractivity contribution in [2.45, 2.75) is 44.7 Å². The van der Waals surface area contributed by atoms with Crippen LogP contribution in [0.15, 0.2) is 43.0 Å². The number of benzene rings is 1.